The number of nitrogens with zero attached hydrogens (tertiary/aromatic N) is 1. The lowest BCUT2D eigenvalue weighted by Crippen LogP contribution is -1.93. The first-order valence-electron chi connectivity index (χ1n) is 4.57. The Bertz CT molecular complexity index is 328. The van der Waals surface area contributed by atoms with Crippen LogP contribution < -0.4 is 0 Å². The molecule has 1 aromatic carbocycles. The summed E-state index contributed by atoms with van der Waals surface area (Å²) in [4.78, 5) is 10.1. The highest BCUT2D eigenvalue weighted by Crippen LogP contribution is 2.27. The van der Waals surface area contributed by atoms with Crippen LogP contribution in [0.15, 0.2) is 24.3 Å². The Kier molecular flexibility index (Phi) is 3.95. The minimum Gasteiger partial charge on any atom is -0.258 e. The highest BCUT2D eigenvalue weighted by Gasteiger charge is 2.10. The molecule has 0 saturated carbocycles. The Labute approximate surface area is 88.7 Å². The van der Waals surface area contributed by atoms with E-state index < -0.39 is 0 Å². The molecule has 0 fully saturated rings. The van der Waals surface area contributed by atoms with Gasteiger partial charge >= 0.3 is 0 Å². The van der Waals surface area contributed by atoms with Crippen molar-refractivity contribution >= 4 is 18.3 Å². The van der Waals surface area contributed by atoms with E-state index >= 15 is 0 Å². The molecule has 1 rings (SSSR count). The lowest BCUT2D eigenvalue weighted by atomic mass is 10.1. The van der Waals surface area contributed by atoms with Crippen molar-refractivity contribution in [3.05, 3.63) is 39.9 Å². The number of nitro groups is 1. The van der Waals surface area contributed by atoms with E-state index in [-0.39, 0.29) is 15.9 Å². The zero-order valence-corrected chi connectivity index (χ0v) is 8.91. The maximum Gasteiger partial charge on any atom is 0.269 e. The Morgan fingerprint density at radius 1 is 1.57 bits per heavy atom. The highest BCUT2D eigenvalue weighted by atomic mass is 32.1. The summed E-state index contributed by atoms with van der Waals surface area (Å²) in [5.41, 5.74) is 1.06. The zero-order chi connectivity index (χ0) is 10.6. The van der Waals surface area contributed by atoms with Gasteiger partial charge in [-0.05, 0) is 12.0 Å². The van der Waals surface area contributed by atoms with Gasteiger partial charge in [-0.15, -0.1) is 0 Å². The molecule has 14 heavy (non-hydrogen) atoms. The molecule has 76 valence electrons. The number of rotatable bonds is 4. The number of nitro benzene ring substituents is 1. The van der Waals surface area contributed by atoms with Crippen LogP contribution in [0.2, 0.25) is 0 Å². The van der Waals surface area contributed by atoms with E-state index in [4.69, 9.17) is 0 Å². The summed E-state index contributed by atoms with van der Waals surface area (Å²) in [6, 6.07) is 6.66. The van der Waals surface area contributed by atoms with Crippen molar-refractivity contribution in [2.75, 3.05) is 0 Å². The van der Waals surface area contributed by atoms with Crippen molar-refractivity contribution in [2.45, 2.75) is 25.0 Å². The molecule has 3 nitrogen and oxygen atoms in total. The van der Waals surface area contributed by atoms with Crippen LogP contribution in [0, 0.1) is 10.1 Å². The van der Waals surface area contributed by atoms with Gasteiger partial charge in [0.25, 0.3) is 5.69 Å². The van der Waals surface area contributed by atoms with Crippen LogP contribution >= 0.6 is 12.6 Å². The Morgan fingerprint density at radius 2 is 2.29 bits per heavy atom. The van der Waals surface area contributed by atoms with Crippen molar-refractivity contribution < 1.29 is 4.92 Å². The molecule has 1 atom stereocenters. The summed E-state index contributed by atoms with van der Waals surface area (Å²) in [5.74, 6) is 0. The van der Waals surface area contributed by atoms with E-state index in [1.54, 1.807) is 12.1 Å². The van der Waals surface area contributed by atoms with E-state index in [9.17, 15) is 10.1 Å². The van der Waals surface area contributed by atoms with Gasteiger partial charge in [-0.2, -0.15) is 12.6 Å². The van der Waals surface area contributed by atoms with Gasteiger partial charge in [0, 0.05) is 17.4 Å². The molecule has 0 radical (unpaired) electrons. The standard InChI is InChI=1S/C10H13NO2S/c1-2-4-10(14)8-5-3-6-9(7-8)11(12)13/h3,5-7,10,14H,2,4H2,1H3. The van der Waals surface area contributed by atoms with Gasteiger partial charge in [0.15, 0.2) is 0 Å². The molecule has 0 aliphatic rings. The molecular weight excluding hydrogens is 198 g/mol. The molecule has 0 heterocycles. The molecule has 4 heteroatoms. The lowest BCUT2D eigenvalue weighted by molar-refractivity contribution is -0.384. The molecule has 0 N–H and O–H groups in total. The van der Waals surface area contributed by atoms with Crippen molar-refractivity contribution in [3.63, 3.8) is 0 Å². The number of hydrogen-bond acceptors (Lipinski definition) is 3. The molecule has 0 aromatic heterocycles. The van der Waals surface area contributed by atoms with Crippen LogP contribution in [-0.2, 0) is 0 Å². The highest BCUT2D eigenvalue weighted by molar-refractivity contribution is 7.80. The minimum atomic E-state index is -0.379. The largest absolute Gasteiger partial charge is 0.269 e. The first kappa shape index (κ1) is 11.0. The fourth-order valence-electron chi connectivity index (χ4n) is 1.29. The number of benzene rings is 1. The molecule has 0 spiro atoms. The summed E-state index contributed by atoms with van der Waals surface area (Å²) < 4.78 is 0. The van der Waals surface area contributed by atoms with Crippen LogP contribution in [0.5, 0.6) is 0 Å². The van der Waals surface area contributed by atoms with Gasteiger partial charge in [0.2, 0.25) is 0 Å². The smallest absolute Gasteiger partial charge is 0.258 e. The summed E-state index contributed by atoms with van der Waals surface area (Å²) in [6.07, 6.45) is 1.96. The van der Waals surface area contributed by atoms with Crippen LogP contribution in [0.4, 0.5) is 5.69 Å². The molecule has 0 bridgehead atoms. The minimum absolute atomic E-state index is 0.0971. The fraction of sp³-hybridized carbons (Fsp3) is 0.400. The maximum atomic E-state index is 10.5. The van der Waals surface area contributed by atoms with Crippen LogP contribution in [-0.4, -0.2) is 4.92 Å². The summed E-state index contributed by atoms with van der Waals surface area (Å²) in [7, 11) is 0. The van der Waals surface area contributed by atoms with Gasteiger partial charge in [0.1, 0.15) is 0 Å². The first-order valence-corrected chi connectivity index (χ1v) is 5.09. The van der Waals surface area contributed by atoms with E-state index in [1.165, 1.54) is 6.07 Å². The fourth-order valence-corrected chi connectivity index (χ4v) is 1.70. The number of thiol groups is 1. The normalized spacial score (nSPS) is 12.4. The van der Waals surface area contributed by atoms with Crippen molar-refractivity contribution in [2.24, 2.45) is 0 Å². The van der Waals surface area contributed by atoms with Crippen molar-refractivity contribution in [1.29, 1.82) is 0 Å². The average Bonchev–Trinajstić information content (AvgIpc) is 2.18. The second-order valence-corrected chi connectivity index (χ2v) is 3.78. The monoisotopic (exact) mass is 211 g/mol. The Balaban J connectivity index is 2.87. The van der Waals surface area contributed by atoms with E-state index in [1.807, 2.05) is 6.07 Å². The van der Waals surface area contributed by atoms with Crippen molar-refractivity contribution in [3.8, 4) is 0 Å². The second-order valence-electron chi connectivity index (χ2n) is 3.16. The number of hydrogen-bond donors (Lipinski definition) is 1. The van der Waals surface area contributed by atoms with Gasteiger partial charge < -0.3 is 0 Å². The van der Waals surface area contributed by atoms with E-state index in [2.05, 4.69) is 19.6 Å². The topological polar surface area (TPSA) is 43.1 Å². The third kappa shape index (κ3) is 2.73. The second kappa shape index (κ2) is 5.00. The van der Waals surface area contributed by atoms with E-state index in [0.29, 0.717) is 0 Å². The third-order valence-electron chi connectivity index (χ3n) is 2.03. The van der Waals surface area contributed by atoms with Gasteiger partial charge in [-0.25, -0.2) is 0 Å². The average molecular weight is 211 g/mol. The lowest BCUT2D eigenvalue weighted by Gasteiger charge is -2.08. The SMILES string of the molecule is CCCC(S)c1cccc([N+](=O)[O-])c1. The first-order chi connectivity index (χ1) is 6.65. The predicted molar refractivity (Wildman–Crippen MR) is 59.7 cm³/mol. The van der Waals surface area contributed by atoms with Gasteiger partial charge in [-0.3, -0.25) is 10.1 Å². The van der Waals surface area contributed by atoms with Crippen LogP contribution in [0.1, 0.15) is 30.6 Å². The molecule has 0 saturated heterocycles. The van der Waals surface area contributed by atoms with Crippen LogP contribution in [0.25, 0.3) is 0 Å². The van der Waals surface area contributed by atoms with E-state index in [0.717, 1.165) is 18.4 Å². The maximum absolute atomic E-state index is 10.5. The number of non-ortho nitro benzene ring substituents is 1. The molecule has 0 amide bonds. The summed E-state index contributed by atoms with van der Waals surface area (Å²) >= 11 is 4.39. The molecule has 1 aromatic rings. The van der Waals surface area contributed by atoms with Crippen LogP contribution in [0.3, 0.4) is 0 Å². The molecule has 1 unspecified atom stereocenters. The van der Waals surface area contributed by atoms with Gasteiger partial charge in [0.05, 0.1) is 4.92 Å². The summed E-state index contributed by atoms with van der Waals surface area (Å²) in [5, 5.41) is 10.6. The zero-order valence-electron chi connectivity index (χ0n) is 8.01. The van der Waals surface area contributed by atoms with Crippen molar-refractivity contribution in [1.82, 2.24) is 0 Å². The Hall–Kier alpha value is -1.03. The molecular formula is C10H13NO2S. The van der Waals surface area contributed by atoms with Gasteiger partial charge in [-0.1, -0.05) is 25.5 Å². The Morgan fingerprint density at radius 3 is 2.86 bits per heavy atom. The third-order valence-corrected chi connectivity index (χ3v) is 2.58. The predicted octanol–water partition coefficient (Wildman–Crippen LogP) is 3.37. The molecule has 0 aliphatic heterocycles. The summed E-state index contributed by atoms with van der Waals surface area (Å²) in [6.45, 7) is 2.07. The quantitative estimate of drug-likeness (QED) is 0.471. The molecule has 0 aliphatic carbocycles.